The monoisotopic (exact) mass is 267 g/mol. The molecular formula is C13H21N3O3. The summed E-state index contributed by atoms with van der Waals surface area (Å²) in [6.07, 6.45) is 0.837. The van der Waals surface area contributed by atoms with E-state index in [0.29, 0.717) is 6.54 Å². The van der Waals surface area contributed by atoms with Crippen LogP contribution < -0.4 is 10.6 Å². The molecule has 0 spiro atoms. The van der Waals surface area contributed by atoms with Gasteiger partial charge in [0.05, 0.1) is 11.8 Å². The van der Waals surface area contributed by atoms with E-state index < -0.39 is 11.5 Å². The Morgan fingerprint density at radius 3 is 2.58 bits per heavy atom. The molecule has 19 heavy (non-hydrogen) atoms. The first-order valence-electron chi connectivity index (χ1n) is 6.70. The van der Waals surface area contributed by atoms with Crippen LogP contribution in [0.5, 0.6) is 0 Å². The fourth-order valence-electron chi connectivity index (χ4n) is 2.83. The van der Waals surface area contributed by atoms with Gasteiger partial charge in [0, 0.05) is 13.6 Å². The summed E-state index contributed by atoms with van der Waals surface area (Å²) in [6.45, 7) is 5.46. The molecule has 0 saturated carbocycles. The Balaban J connectivity index is 2.09. The lowest BCUT2D eigenvalue weighted by molar-refractivity contribution is -0.140. The van der Waals surface area contributed by atoms with Crippen molar-refractivity contribution >= 4 is 17.7 Å². The predicted molar refractivity (Wildman–Crippen MR) is 69.1 cm³/mol. The van der Waals surface area contributed by atoms with Crippen LogP contribution in [0, 0.1) is 11.3 Å². The number of imide groups is 1. The zero-order valence-corrected chi connectivity index (χ0v) is 11.7. The summed E-state index contributed by atoms with van der Waals surface area (Å²) in [5, 5.41) is 5.97. The van der Waals surface area contributed by atoms with Crippen LogP contribution in [-0.4, -0.2) is 48.8 Å². The Morgan fingerprint density at radius 1 is 1.47 bits per heavy atom. The van der Waals surface area contributed by atoms with Gasteiger partial charge < -0.3 is 10.6 Å². The van der Waals surface area contributed by atoms with Crippen LogP contribution >= 0.6 is 0 Å². The third-order valence-electron chi connectivity index (χ3n) is 4.43. The van der Waals surface area contributed by atoms with Crippen LogP contribution in [0.1, 0.15) is 26.7 Å². The molecule has 2 unspecified atom stereocenters. The summed E-state index contributed by atoms with van der Waals surface area (Å²) in [7, 11) is 1.45. The van der Waals surface area contributed by atoms with Gasteiger partial charge in [0.1, 0.15) is 6.04 Å². The van der Waals surface area contributed by atoms with Gasteiger partial charge in [-0.3, -0.25) is 19.3 Å². The fourth-order valence-corrected chi connectivity index (χ4v) is 2.83. The smallest absolute Gasteiger partial charge is 0.252 e. The van der Waals surface area contributed by atoms with Gasteiger partial charge in [0.2, 0.25) is 11.8 Å². The summed E-state index contributed by atoms with van der Waals surface area (Å²) in [4.78, 5) is 36.8. The fraction of sp³-hybridized carbons (Fsp3) is 0.769. The van der Waals surface area contributed by atoms with E-state index in [9.17, 15) is 14.4 Å². The summed E-state index contributed by atoms with van der Waals surface area (Å²) < 4.78 is 0. The maximum Gasteiger partial charge on any atom is 0.252 e. The molecule has 2 saturated heterocycles. The molecule has 2 rings (SSSR count). The van der Waals surface area contributed by atoms with Crippen LogP contribution in [0.2, 0.25) is 0 Å². The normalized spacial score (nSPS) is 31.4. The van der Waals surface area contributed by atoms with Crippen molar-refractivity contribution in [1.29, 1.82) is 0 Å². The third-order valence-corrected chi connectivity index (χ3v) is 4.43. The summed E-state index contributed by atoms with van der Waals surface area (Å²) >= 11 is 0. The van der Waals surface area contributed by atoms with E-state index in [1.54, 1.807) is 0 Å². The molecule has 2 heterocycles. The predicted octanol–water partition coefficient (Wildman–Crippen LogP) is -0.504. The number of nitrogens with one attached hydrogen (secondary N) is 2. The highest BCUT2D eigenvalue weighted by atomic mass is 16.2. The molecule has 6 nitrogen and oxygen atoms in total. The molecule has 0 bridgehead atoms. The second-order valence-electron chi connectivity index (χ2n) is 5.76. The maximum absolute atomic E-state index is 12.5. The molecule has 6 heteroatoms. The molecule has 0 aromatic carbocycles. The van der Waals surface area contributed by atoms with E-state index in [2.05, 4.69) is 10.6 Å². The molecule has 3 amide bonds. The van der Waals surface area contributed by atoms with Crippen LogP contribution in [0.25, 0.3) is 0 Å². The first kappa shape index (κ1) is 14.0. The number of nitrogens with zero attached hydrogens (tertiary/aromatic N) is 1. The number of hydrogen-bond donors (Lipinski definition) is 2. The molecule has 0 aromatic rings. The van der Waals surface area contributed by atoms with Crippen molar-refractivity contribution < 1.29 is 14.4 Å². The van der Waals surface area contributed by atoms with Gasteiger partial charge in [-0.1, -0.05) is 13.8 Å². The number of carbonyl (C=O) groups excluding carboxylic acids is 3. The number of likely N-dealkylation sites (N-methyl/N-ethyl adjacent to an activating group) is 1. The van der Waals surface area contributed by atoms with Gasteiger partial charge in [0.25, 0.3) is 5.91 Å². The number of hydrogen-bond acceptors (Lipinski definition) is 4. The van der Waals surface area contributed by atoms with Crippen molar-refractivity contribution in [3.05, 3.63) is 0 Å². The number of rotatable bonds is 3. The van der Waals surface area contributed by atoms with Crippen LogP contribution in [0.4, 0.5) is 0 Å². The third kappa shape index (κ3) is 2.25. The minimum absolute atomic E-state index is 0.0721. The lowest BCUT2D eigenvalue weighted by Crippen LogP contribution is -2.51. The quantitative estimate of drug-likeness (QED) is 0.675. The summed E-state index contributed by atoms with van der Waals surface area (Å²) in [5.74, 6) is -0.483. The van der Waals surface area contributed by atoms with E-state index in [0.717, 1.165) is 17.9 Å². The van der Waals surface area contributed by atoms with Gasteiger partial charge in [-0.2, -0.15) is 0 Å². The Labute approximate surface area is 112 Å². The summed E-state index contributed by atoms with van der Waals surface area (Å²) in [6, 6.07) is -0.693. The van der Waals surface area contributed by atoms with Crippen molar-refractivity contribution in [2.24, 2.45) is 11.3 Å². The Kier molecular flexibility index (Phi) is 3.62. The van der Waals surface area contributed by atoms with Crippen molar-refractivity contribution in [2.45, 2.75) is 32.7 Å². The van der Waals surface area contributed by atoms with Crippen molar-refractivity contribution in [2.75, 3.05) is 20.1 Å². The molecule has 2 fully saturated rings. The number of amides is 3. The highest BCUT2D eigenvalue weighted by Gasteiger charge is 2.46. The largest absolute Gasteiger partial charge is 0.343 e. The minimum Gasteiger partial charge on any atom is -0.343 e. The van der Waals surface area contributed by atoms with Crippen LogP contribution in [0.3, 0.4) is 0 Å². The molecule has 2 aliphatic heterocycles. The van der Waals surface area contributed by atoms with E-state index in [1.807, 2.05) is 13.8 Å². The molecular weight excluding hydrogens is 246 g/mol. The zero-order valence-electron chi connectivity index (χ0n) is 11.7. The average Bonchev–Trinajstić information content (AvgIpc) is 2.93. The topological polar surface area (TPSA) is 78.5 Å². The molecule has 2 atom stereocenters. The molecule has 2 N–H and O–H groups in total. The van der Waals surface area contributed by atoms with Crippen LogP contribution in [-0.2, 0) is 14.4 Å². The minimum atomic E-state index is -0.693. The first-order valence-corrected chi connectivity index (χ1v) is 6.70. The zero-order chi connectivity index (χ0) is 14.2. The second-order valence-corrected chi connectivity index (χ2v) is 5.76. The van der Waals surface area contributed by atoms with Gasteiger partial charge in [-0.15, -0.1) is 0 Å². The highest BCUT2D eigenvalue weighted by molar-refractivity contribution is 6.06. The Hall–Kier alpha value is -1.43. The Morgan fingerprint density at radius 2 is 2.16 bits per heavy atom. The van der Waals surface area contributed by atoms with Crippen LogP contribution in [0.15, 0.2) is 0 Å². The first-order chi connectivity index (χ1) is 8.88. The maximum atomic E-state index is 12.5. The second kappa shape index (κ2) is 4.92. The van der Waals surface area contributed by atoms with Crippen molar-refractivity contribution in [3.63, 3.8) is 0 Å². The number of likely N-dealkylation sites (tertiary alicyclic amines) is 1. The van der Waals surface area contributed by atoms with E-state index >= 15 is 0 Å². The lowest BCUT2D eigenvalue weighted by atomic mass is 9.75. The molecule has 0 aromatic heterocycles. The SMILES string of the molecule is CC(C)C1(C(=O)NC2CC(=O)N(C)C2=O)CCNC1. The molecule has 0 radical (unpaired) electrons. The van der Waals surface area contributed by atoms with Gasteiger partial charge in [-0.05, 0) is 18.9 Å². The van der Waals surface area contributed by atoms with E-state index in [-0.39, 0.29) is 30.1 Å². The standard InChI is InChI=1S/C13H21N3O3/c1-8(2)13(4-5-14-7-13)12(19)15-9-6-10(17)16(3)11(9)18/h8-9,14H,4-7H2,1-3H3,(H,15,19). The van der Waals surface area contributed by atoms with E-state index in [4.69, 9.17) is 0 Å². The number of carbonyl (C=O) groups is 3. The Bertz CT molecular complexity index is 413. The molecule has 106 valence electrons. The van der Waals surface area contributed by atoms with Crippen molar-refractivity contribution in [1.82, 2.24) is 15.5 Å². The van der Waals surface area contributed by atoms with Crippen molar-refractivity contribution in [3.8, 4) is 0 Å². The molecule has 2 aliphatic rings. The average molecular weight is 267 g/mol. The molecule has 0 aliphatic carbocycles. The van der Waals surface area contributed by atoms with E-state index in [1.165, 1.54) is 7.05 Å². The van der Waals surface area contributed by atoms with Gasteiger partial charge >= 0.3 is 0 Å². The highest BCUT2D eigenvalue weighted by Crippen LogP contribution is 2.34. The lowest BCUT2D eigenvalue weighted by Gasteiger charge is -2.32. The van der Waals surface area contributed by atoms with Gasteiger partial charge in [-0.25, -0.2) is 0 Å². The van der Waals surface area contributed by atoms with Gasteiger partial charge in [0.15, 0.2) is 0 Å². The summed E-state index contributed by atoms with van der Waals surface area (Å²) in [5.41, 5.74) is -0.468.